The van der Waals surface area contributed by atoms with Gasteiger partial charge in [0.15, 0.2) is 0 Å². The van der Waals surface area contributed by atoms with Gasteiger partial charge in [0.1, 0.15) is 5.82 Å². The first kappa shape index (κ1) is 14.1. The van der Waals surface area contributed by atoms with Gasteiger partial charge in [-0.25, -0.2) is 9.07 Å². The monoisotopic (exact) mass is 303 g/mol. The first-order chi connectivity index (χ1) is 9.10. The molecule has 0 aliphatic heterocycles. The zero-order valence-corrected chi connectivity index (χ0v) is 11.4. The largest absolute Gasteiger partial charge is 0.390 e. The maximum Gasteiger partial charge on any atom is 0.125 e. The molecular formula is C12H12Cl2FN3O. The van der Waals surface area contributed by atoms with Crippen molar-refractivity contribution in [3.63, 3.8) is 0 Å². The second-order valence-electron chi connectivity index (χ2n) is 3.95. The summed E-state index contributed by atoms with van der Waals surface area (Å²) in [6.07, 6.45) is 2.39. The van der Waals surface area contributed by atoms with E-state index in [1.807, 2.05) is 0 Å². The maximum absolute atomic E-state index is 13.3. The summed E-state index contributed by atoms with van der Waals surface area (Å²) in [6, 6.07) is 4.23. The molecule has 4 nitrogen and oxygen atoms in total. The highest BCUT2D eigenvalue weighted by Crippen LogP contribution is 2.22. The van der Waals surface area contributed by atoms with Crippen molar-refractivity contribution in [2.75, 3.05) is 17.7 Å². The number of hydrogen-bond donors (Lipinski definition) is 2. The van der Waals surface area contributed by atoms with Crippen LogP contribution in [0.15, 0.2) is 30.6 Å². The van der Waals surface area contributed by atoms with Gasteiger partial charge in [-0.2, -0.15) is 5.10 Å². The predicted octanol–water partition coefficient (Wildman–Crippen LogP) is 2.68. The molecule has 0 bridgehead atoms. The second-order valence-corrected chi connectivity index (χ2v) is 4.70. The van der Waals surface area contributed by atoms with E-state index in [1.54, 1.807) is 12.3 Å². The van der Waals surface area contributed by atoms with Crippen LogP contribution >= 0.6 is 23.2 Å². The number of hydrogen-bond acceptors (Lipinski definition) is 3. The van der Waals surface area contributed by atoms with E-state index < -0.39 is 6.10 Å². The van der Waals surface area contributed by atoms with E-state index in [4.69, 9.17) is 23.2 Å². The molecule has 0 saturated carbocycles. The summed E-state index contributed by atoms with van der Waals surface area (Å²) >= 11 is 11.3. The Labute approximate surface area is 119 Å². The predicted molar refractivity (Wildman–Crippen MR) is 73.7 cm³/mol. The van der Waals surface area contributed by atoms with E-state index in [9.17, 15) is 9.50 Å². The van der Waals surface area contributed by atoms with Crippen LogP contribution in [0.4, 0.5) is 10.1 Å². The Bertz CT molecular complexity index is 562. The molecule has 1 aromatic carbocycles. The minimum atomic E-state index is -0.709. The van der Waals surface area contributed by atoms with E-state index in [0.717, 1.165) is 0 Å². The summed E-state index contributed by atoms with van der Waals surface area (Å²) in [6.45, 7) is 0.217. The summed E-state index contributed by atoms with van der Waals surface area (Å²) in [5.41, 5.74) is 1.14. The third-order valence-corrected chi connectivity index (χ3v) is 3.01. The number of anilines is 1. The number of aliphatic hydroxyl groups is 1. The van der Waals surface area contributed by atoms with Gasteiger partial charge < -0.3 is 10.4 Å². The Kier molecular flexibility index (Phi) is 4.63. The highest BCUT2D eigenvalue weighted by molar-refractivity contribution is 6.30. The Hall–Kier alpha value is -1.30. The minimum Gasteiger partial charge on any atom is -0.390 e. The van der Waals surface area contributed by atoms with Crippen LogP contribution in [0, 0.1) is 5.82 Å². The van der Waals surface area contributed by atoms with Crippen LogP contribution in [0.2, 0.25) is 5.02 Å². The van der Waals surface area contributed by atoms with Gasteiger partial charge in [0.25, 0.3) is 0 Å². The quantitative estimate of drug-likeness (QED) is 0.835. The molecule has 1 atom stereocenters. The molecule has 0 aliphatic rings. The molecule has 19 heavy (non-hydrogen) atoms. The topological polar surface area (TPSA) is 50.1 Å². The van der Waals surface area contributed by atoms with E-state index >= 15 is 0 Å². The number of benzene rings is 1. The summed E-state index contributed by atoms with van der Waals surface area (Å²) in [5, 5.41) is 16.9. The molecule has 0 radical (unpaired) electrons. The number of rotatable bonds is 5. The van der Waals surface area contributed by atoms with Crippen molar-refractivity contribution in [1.82, 2.24) is 9.78 Å². The van der Waals surface area contributed by atoms with Gasteiger partial charge >= 0.3 is 0 Å². The van der Waals surface area contributed by atoms with Crippen molar-refractivity contribution < 1.29 is 9.50 Å². The second kappa shape index (κ2) is 6.23. The Morgan fingerprint density at radius 2 is 2.26 bits per heavy atom. The third-order valence-electron chi connectivity index (χ3n) is 2.46. The smallest absolute Gasteiger partial charge is 0.125 e. The highest BCUT2D eigenvalue weighted by atomic mass is 35.5. The molecule has 0 saturated heterocycles. The molecule has 0 fully saturated rings. The van der Waals surface area contributed by atoms with Crippen molar-refractivity contribution in [2.24, 2.45) is 0 Å². The summed E-state index contributed by atoms with van der Waals surface area (Å²) < 4.78 is 14.8. The van der Waals surface area contributed by atoms with Crippen molar-refractivity contribution in [3.8, 4) is 5.69 Å². The summed E-state index contributed by atoms with van der Waals surface area (Å²) in [4.78, 5) is 0. The van der Waals surface area contributed by atoms with Crippen LogP contribution in [0.5, 0.6) is 0 Å². The minimum absolute atomic E-state index is 0.102. The number of halogens is 3. The first-order valence-electron chi connectivity index (χ1n) is 5.58. The zero-order chi connectivity index (χ0) is 13.8. The van der Waals surface area contributed by atoms with Crippen LogP contribution in [-0.2, 0) is 0 Å². The van der Waals surface area contributed by atoms with Gasteiger partial charge in [0.2, 0.25) is 0 Å². The van der Waals surface area contributed by atoms with Crippen molar-refractivity contribution in [2.45, 2.75) is 6.10 Å². The van der Waals surface area contributed by atoms with Crippen LogP contribution in [0.25, 0.3) is 5.69 Å². The molecule has 7 heteroatoms. The maximum atomic E-state index is 13.3. The summed E-state index contributed by atoms with van der Waals surface area (Å²) in [5.74, 6) is -0.282. The van der Waals surface area contributed by atoms with Crippen molar-refractivity contribution >= 4 is 28.9 Å². The molecule has 0 amide bonds. The van der Waals surface area contributed by atoms with E-state index in [0.29, 0.717) is 16.4 Å². The molecule has 1 aromatic heterocycles. The van der Waals surface area contributed by atoms with E-state index in [2.05, 4.69) is 10.4 Å². The van der Waals surface area contributed by atoms with Crippen LogP contribution in [0.3, 0.4) is 0 Å². The molecule has 1 heterocycles. The fourth-order valence-electron chi connectivity index (χ4n) is 1.56. The molecule has 102 valence electrons. The number of nitrogens with zero attached hydrogens (tertiary/aromatic N) is 2. The lowest BCUT2D eigenvalue weighted by molar-refractivity contribution is 0.211. The van der Waals surface area contributed by atoms with Crippen LogP contribution < -0.4 is 5.32 Å². The fourth-order valence-corrected chi connectivity index (χ4v) is 1.81. The van der Waals surface area contributed by atoms with Gasteiger partial charge in [-0.1, -0.05) is 11.6 Å². The number of aliphatic hydroxyl groups excluding tert-OH is 1. The van der Waals surface area contributed by atoms with Gasteiger partial charge in [0.05, 0.1) is 34.6 Å². The SMILES string of the molecule is OC(CCl)CNc1cc(F)ccc1-n1cc(Cl)cn1. The lowest BCUT2D eigenvalue weighted by Gasteiger charge is -2.14. The molecule has 2 aromatic rings. The van der Waals surface area contributed by atoms with Gasteiger partial charge in [-0.3, -0.25) is 0 Å². The van der Waals surface area contributed by atoms with Gasteiger partial charge in [-0.15, -0.1) is 11.6 Å². The average molecular weight is 304 g/mol. The molecule has 0 aliphatic carbocycles. The molecular weight excluding hydrogens is 292 g/mol. The molecule has 2 N–H and O–H groups in total. The lowest BCUT2D eigenvalue weighted by Crippen LogP contribution is -2.21. The molecule has 0 spiro atoms. The third kappa shape index (κ3) is 3.59. The van der Waals surface area contributed by atoms with Gasteiger partial charge in [0, 0.05) is 12.7 Å². The Morgan fingerprint density at radius 3 is 2.89 bits per heavy atom. The fraction of sp³-hybridized carbons (Fsp3) is 0.250. The first-order valence-corrected chi connectivity index (χ1v) is 6.49. The number of nitrogens with one attached hydrogen (secondary N) is 1. The number of alkyl halides is 1. The number of aromatic nitrogens is 2. The van der Waals surface area contributed by atoms with Crippen LogP contribution in [0.1, 0.15) is 0 Å². The van der Waals surface area contributed by atoms with E-state index in [-0.39, 0.29) is 18.2 Å². The molecule has 2 rings (SSSR count). The Morgan fingerprint density at radius 1 is 1.47 bits per heavy atom. The Balaban J connectivity index is 2.27. The lowest BCUT2D eigenvalue weighted by atomic mass is 10.2. The van der Waals surface area contributed by atoms with E-state index in [1.165, 1.54) is 23.0 Å². The summed E-state index contributed by atoms with van der Waals surface area (Å²) in [7, 11) is 0. The highest BCUT2D eigenvalue weighted by Gasteiger charge is 2.09. The van der Waals surface area contributed by atoms with Crippen molar-refractivity contribution in [3.05, 3.63) is 41.4 Å². The van der Waals surface area contributed by atoms with Crippen LogP contribution in [-0.4, -0.2) is 33.4 Å². The normalized spacial score (nSPS) is 12.4. The molecule has 1 unspecified atom stereocenters. The van der Waals surface area contributed by atoms with Crippen molar-refractivity contribution in [1.29, 1.82) is 0 Å². The van der Waals surface area contributed by atoms with Gasteiger partial charge in [-0.05, 0) is 18.2 Å². The zero-order valence-electron chi connectivity index (χ0n) is 9.85. The average Bonchev–Trinajstić information content (AvgIpc) is 2.82. The standard InChI is InChI=1S/C12H12Cl2FN3O/c13-4-10(19)6-16-11-3-9(15)1-2-12(11)18-7-8(14)5-17-18/h1-3,5,7,10,16,19H,4,6H2.